The second-order valence-corrected chi connectivity index (χ2v) is 14.2. The van der Waals surface area contributed by atoms with Gasteiger partial charge in [-0.3, -0.25) is 4.79 Å². The normalized spacial score (nSPS) is 35.0. The number of hydrogen-bond donors (Lipinski definition) is 3. The van der Waals surface area contributed by atoms with Crippen molar-refractivity contribution in [2.75, 3.05) is 13.2 Å². The number of nitrogens with one attached hydrogen (secondary N) is 1. The molecule has 1 amide bonds. The molecule has 7 atom stereocenters. The number of allylic oxidation sites excluding steroid dienone is 1. The Morgan fingerprint density at radius 1 is 1.05 bits per heavy atom. The number of carbonyl (C=O) groups is 2. The highest BCUT2D eigenvalue weighted by molar-refractivity contribution is 5.69. The van der Waals surface area contributed by atoms with Crippen molar-refractivity contribution in [2.45, 2.75) is 130 Å². The van der Waals surface area contributed by atoms with Gasteiger partial charge in [0, 0.05) is 12.8 Å². The Morgan fingerprint density at radius 2 is 1.85 bits per heavy atom. The molecule has 3 fully saturated rings. The van der Waals surface area contributed by atoms with E-state index in [1.807, 2.05) is 0 Å². The van der Waals surface area contributed by atoms with Gasteiger partial charge in [0.25, 0.3) is 0 Å². The van der Waals surface area contributed by atoms with Crippen molar-refractivity contribution in [3.05, 3.63) is 11.6 Å². The van der Waals surface area contributed by atoms with E-state index in [0.717, 1.165) is 48.9 Å². The first kappa shape index (κ1) is 31.3. The smallest absolute Gasteiger partial charge is 0.407 e. The molecule has 0 bridgehead atoms. The number of alkyl carbamates (subject to hydrolysis) is 1. The zero-order valence-corrected chi connectivity index (χ0v) is 25.5. The molecule has 4 aliphatic rings. The summed E-state index contributed by atoms with van der Waals surface area (Å²) in [6.45, 7) is 10.0. The number of ether oxygens (including phenoxy) is 2. The maximum absolute atomic E-state index is 12.4. The van der Waals surface area contributed by atoms with Crippen LogP contribution in [-0.2, 0) is 14.3 Å². The Labute approximate surface area is 241 Å². The van der Waals surface area contributed by atoms with Crippen molar-refractivity contribution in [3.8, 4) is 0 Å². The highest BCUT2D eigenvalue weighted by Gasteiger charge is 2.58. The van der Waals surface area contributed by atoms with Crippen molar-refractivity contribution in [1.82, 2.24) is 5.32 Å². The van der Waals surface area contributed by atoms with Crippen LogP contribution in [0.5, 0.6) is 0 Å². The van der Waals surface area contributed by atoms with Crippen LogP contribution in [0.15, 0.2) is 11.6 Å². The number of rotatable bonds is 12. The van der Waals surface area contributed by atoms with Gasteiger partial charge in [0.15, 0.2) is 6.29 Å². The van der Waals surface area contributed by atoms with E-state index >= 15 is 0 Å². The Bertz CT molecular complexity index is 901. The summed E-state index contributed by atoms with van der Waals surface area (Å²) in [5.74, 6) is 3.62. The van der Waals surface area contributed by atoms with Crippen LogP contribution < -0.4 is 5.32 Å². The molecule has 7 nitrogen and oxygen atoms in total. The van der Waals surface area contributed by atoms with Gasteiger partial charge in [-0.15, -0.1) is 0 Å². The zero-order valence-electron chi connectivity index (χ0n) is 25.5. The average molecular weight is 562 g/mol. The third kappa shape index (κ3) is 7.24. The Morgan fingerprint density at radius 3 is 2.60 bits per heavy atom. The number of carbonyl (C=O) groups excluding carboxylic acids is 2. The van der Waals surface area contributed by atoms with Crippen molar-refractivity contribution in [1.29, 1.82) is 0 Å². The minimum Gasteiger partial charge on any atom is -0.464 e. The maximum Gasteiger partial charge on any atom is 0.407 e. The van der Waals surface area contributed by atoms with Gasteiger partial charge in [0.1, 0.15) is 12.7 Å². The van der Waals surface area contributed by atoms with Crippen LogP contribution in [0.4, 0.5) is 4.79 Å². The molecule has 0 saturated heterocycles. The van der Waals surface area contributed by atoms with Gasteiger partial charge in [-0.25, -0.2) is 4.79 Å². The van der Waals surface area contributed by atoms with E-state index < -0.39 is 18.4 Å². The van der Waals surface area contributed by atoms with Crippen LogP contribution in [0.1, 0.15) is 118 Å². The highest BCUT2D eigenvalue weighted by Crippen LogP contribution is 2.66. The van der Waals surface area contributed by atoms with E-state index in [1.54, 1.807) is 0 Å². The molecule has 228 valence electrons. The molecule has 0 aromatic rings. The van der Waals surface area contributed by atoms with Crippen LogP contribution in [0.25, 0.3) is 0 Å². The number of aliphatic hydroxyl groups excluding tert-OH is 1. The van der Waals surface area contributed by atoms with E-state index in [4.69, 9.17) is 19.7 Å². The largest absolute Gasteiger partial charge is 0.464 e. The molecule has 4 rings (SSSR count). The van der Waals surface area contributed by atoms with Crippen molar-refractivity contribution >= 4 is 12.1 Å². The highest BCUT2D eigenvalue weighted by atomic mass is 16.6. The first-order chi connectivity index (χ1) is 19.0. The van der Waals surface area contributed by atoms with Crippen molar-refractivity contribution < 1.29 is 29.3 Å². The summed E-state index contributed by atoms with van der Waals surface area (Å²) >= 11 is 0. The first-order valence-electron chi connectivity index (χ1n) is 16.2. The molecular formula is C33H55NO6. The predicted molar refractivity (Wildman–Crippen MR) is 155 cm³/mol. The number of unbranched alkanes of at least 4 members (excludes halogenated alkanes) is 1. The molecule has 0 heterocycles. The second-order valence-electron chi connectivity index (χ2n) is 14.2. The summed E-state index contributed by atoms with van der Waals surface area (Å²) in [6.07, 6.45) is 15.4. The second kappa shape index (κ2) is 13.6. The number of aliphatic hydroxyl groups is 2. The third-order valence-electron chi connectivity index (χ3n) is 11.4. The molecule has 0 spiro atoms. The predicted octanol–water partition coefficient (Wildman–Crippen LogP) is 6.51. The molecular weight excluding hydrogens is 506 g/mol. The Balaban J connectivity index is 1.25. The fraction of sp³-hybridized carbons (Fsp3) is 0.879. The minimum atomic E-state index is -1.52. The van der Waals surface area contributed by atoms with Gasteiger partial charge < -0.3 is 25.0 Å². The molecule has 7 heteroatoms. The number of esters is 1. The number of fused-ring (bicyclic) bond motifs is 5. The summed E-state index contributed by atoms with van der Waals surface area (Å²) in [5.41, 5.74) is 2.25. The first-order valence-corrected chi connectivity index (χ1v) is 16.2. The van der Waals surface area contributed by atoms with Crippen LogP contribution in [0, 0.1) is 40.4 Å². The van der Waals surface area contributed by atoms with Gasteiger partial charge in [0.05, 0.1) is 13.0 Å². The lowest BCUT2D eigenvalue weighted by Gasteiger charge is -2.58. The Hall–Kier alpha value is -1.60. The molecule has 0 radical (unpaired) electrons. The van der Waals surface area contributed by atoms with Crippen molar-refractivity contribution in [3.63, 3.8) is 0 Å². The molecule has 40 heavy (non-hydrogen) atoms. The van der Waals surface area contributed by atoms with Gasteiger partial charge in [-0.2, -0.15) is 0 Å². The fourth-order valence-corrected chi connectivity index (χ4v) is 9.08. The van der Waals surface area contributed by atoms with Crippen LogP contribution in [0.3, 0.4) is 0 Å². The topological polar surface area (TPSA) is 105 Å². The molecule has 0 aliphatic heterocycles. The molecule has 4 aliphatic carbocycles. The monoisotopic (exact) mass is 561 g/mol. The lowest BCUT2D eigenvalue weighted by molar-refractivity contribution is -0.146. The average Bonchev–Trinajstić information content (AvgIpc) is 3.24. The van der Waals surface area contributed by atoms with Gasteiger partial charge in [0.2, 0.25) is 0 Å². The van der Waals surface area contributed by atoms with E-state index in [1.165, 1.54) is 63.4 Å². The third-order valence-corrected chi connectivity index (χ3v) is 11.4. The van der Waals surface area contributed by atoms with Crippen LogP contribution in [-0.4, -0.2) is 47.8 Å². The summed E-state index contributed by atoms with van der Waals surface area (Å²) in [6, 6.07) is 0. The standard InChI is InChI=1S/C33H55NO6/c1-22(2)7-5-6-8-23-10-12-27-26-11-9-24-21-25(15-17-33(24,4)28(26)16-18-32(23,27)3)40-31(38)34-19-20-39-30(37)14-13-29(35)36/h9,22-23,25-29,35-36H,5-8,10-21H2,1-4H3,(H,34,38). The minimum absolute atomic E-state index is 0.0330. The quantitative estimate of drug-likeness (QED) is 0.109. The molecule has 0 aromatic carbocycles. The van der Waals surface area contributed by atoms with E-state index in [9.17, 15) is 9.59 Å². The molecule has 3 saturated carbocycles. The molecule has 7 unspecified atom stereocenters. The fourth-order valence-electron chi connectivity index (χ4n) is 9.08. The van der Waals surface area contributed by atoms with Crippen LogP contribution in [0.2, 0.25) is 0 Å². The summed E-state index contributed by atoms with van der Waals surface area (Å²) in [5, 5.41) is 20.3. The lowest BCUT2D eigenvalue weighted by atomic mass is 9.47. The summed E-state index contributed by atoms with van der Waals surface area (Å²) in [4.78, 5) is 23.9. The van der Waals surface area contributed by atoms with Gasteiger partial charge in [-0.1, -0.05) is 58.6 Å². The SMILES string of the molecule is CC(C)CCCCC1CCC2C3CC=C4CC(OC(=O)NCCOC(=O)CCC(O)O)CCC4(C)C3CCC12C. The van der Waals surface area contributed by atoms with Gasteiger partial charge in [-0.05, 0) is 91.8 Å². The lowest BCUT2D eigenvalue weighted by Crippen LogP contribution is -2.50. The molecule has 3 N–H and O–H groups in total. The number of hydrogen-bond acceptors (Lipinski definition) is 6. The zero-order chi connectivity index (χ0) is 28.9. The Kier molecular flexibility index (Phi) is 10.6. The van der Waals surface area contributed by atoms with Crippen LogP contribution >= 0.6 is 0 Å². The van der Waals surface area contributed by atoms with Gasteiger partial charge >= 0.3 is 12.1 Å². The summed E-state index contributed by atoms with van der Waals surface area (Å²) < 4.78 is 10.8. The van der Waals surface area contributed by atoms with E-state index in [2.05, 4.69) is 39.1 Å². The molecule has 0 aromatic heterocycles. The van der Waals surface area contributed by atoms with E-state index in [-0.39, 0.29) is 37.5 Å². The maximum atomic E-state index is 12.4. The number of amides is 1. The van der Waals surface area contributed by atoms with E-state index in [0.29, 0.717) is 5.41 Å². The summed E-state index contributed by atoms with van der Waals surface area (Å²) in [7, 11) is 0. The van der Waals surface area contributed by atoms with Crippen molar-refractivity contribution in [2.24, 2.45) is 40.4 Å².